The van der Waals surface area contributed by atoms with Crippen LogP contribution >= 0.6 is 0 Å². The van der Waals surface area contributed by atoms with Crippen molar-refractivity contribution in [1.29, 1.82) is 0 Å². The number of ether oxygens (including phenoxy) is 2. The Hall–Kier alpha value is -1.39. The van der Waals surface area contributed by atoms with Crippen molar-refractivity contribution in [2.75, 3.05) is 13.2 Å². The van der Waals surface area contributed by atoms with Gasteiger partial charge in [-0.15, -0.1) is 0 Å². The average Bonchev–Trinajstić information content (AvgIpc) is 2.43. The Morgan fingerprint density at radius 2 is 1.76 bits per heavy atom. The number of aliphatic hydroxyl groups excluding tert-OH is 1. The minimum Gasteiger partial charge on any atom is -0.465 e. The maximum Gasteiger partial charge on any atom is 0.311 e. The van der Waals surface area contributed by atoms with Crippen molar-refractivity contribution >= 4 is 5.97 Å². The molecule has 1 rings (SSSR count). The van der Waals surface area contributed by atoms with Crippen LogP contribution in [0.4, 0.5) is 0 Å². The van der Waals surface area contributed by atoms with Crippen molar-refractivity contribution in [3.05, 3.63) is 35.9 Å². The maximum absolute atomic E-state index is 11.5. The molecule has 1 aromatic rings. The molecule has 0 aliphatic carbocycles. The van der Waals surface area contributed by atoms with Gasteiger partial charge in [0.05, 0.1) is 24.7 Å². The van der Waals surface area contributed by atoms with E-state index < -0.39 is 11.5 Å². The summed E-state index contributed by atoms with van der Waals surface area (Å²) in [5.41, 5.74) is 0.620. The Balaban J connectivity index is 2.06. The van der Waals surface area contributed by atoms with Gasteiger partial charge in [-0.1, -0.05) is 30.3 Å². The smallest absolute Gasteiger partial charge is 0.311 e. The number of carbonyl (C=O) groups excluding carboxylic acids is 1. The topological polar surface area (TPSA) is 55.8 Å². The average molecular weight is 294 g/mol. The lowest BCUT2D eigenvalue weighted by molar-refractivity contribution is -0.153. The highest BCUT2D eigenvalue weighted by Crippen LogP contribution is 2.15. The van der Waals surface area contributed by atoms with Gasteiger partial charge in [-0.05, 0) is 32.8 Å². The normalized spacial score (nSPS) is 13.0. The quantitative estimate of drug-likeness (QED) is 0.591. The highest BCUT2D eigenvalue weighted by molar-refractivity contribution is 5.75. The van der Waals surface area contributed by atoms with E-state index in [1.165, 1.54) is 0 Å². The molecule has 4 nitrogen and oxygen atoms in total. The third kappa shape index (κ3) is 7.83. The number of rotatable bonds is 8. The van der Waals surface area contributed by atoms with Crippen molar-refractivity contribution < 1.29 is 19.4 Å². The zero-order valence-electron chi connectivity index (χ0n) is 13.2. The third-order valence-corrected chi connectivity index (χ3v) is 3.00. The number of benzene rings is 1. The molecule has 0 heterocycles. The van der Waals surface area contributed by atoms with Gasteiger partial charge < -0.3 is 14.6 Å². The molecule has 0 aromatic heterocycles. The number of hydrogen-bond donors (Lipinski definition) is 1. The summed E-state index contributed by atoms with van der Waals surface area (Å²) in [4.78, 5) is 11.5. The molecule has 1 atom stereocenters. The summed E-state index contributed by atoms with van der Waals surface area (Å²) >= 11 is 0. The molecule has 1 aromatic carbocycles. The highest BCUT2D eigenvalue weighted by Gasteiger charge is 2.22. The van der Waals surface area contributed by atoms with Crippen LogP contribution in [0.2, 0.25) is 0 Å². The molecule has 0 bridgehead atoms. The lowest BCUT2D eigenvalue weighted by Gasteiger charge is -2.17. The Bertz CT molecular complexity index is 409. The summed E-state index contributed by atoms with van der Waals surface area (Å²) in [5.74, 6) is -0.241. The van der Waals surface area contributed by atoms with Gasteiger partial charge in [-0.25, -0.2) is 0 Å². The molecule has 4 heteroatoms. The van der Waals surface area contributed by atoms with E-state index in [9.17, 15) is 9.90 Å². The first-order chi connectivity index (χ1) is 9.89. The van der Waals surface area contributed by atoms with E-state index in [0.717, 1.165) is 5.56 Å². The van der Waals surface area contributed by atoms with Crippen molar-refractivity contribution in [1.82, 2.24) is 0 Å². The molecule has 0 saturated carbocycles. The second kappa shape index (κ2) is 8.80. The summed E-state index contributed by atoms with van der Waals surface area (Å²) in [7, 11) is 0. The van der Waals surface area contributed by atoms with Crippen LogP contribution in [-0.4, -0.2) is 30.4 Å². The van der Waals surface area contributed by atoms with Gasteiger partial charge in [0.25, 0.3) is 0 Å². The first-order valence-corrected chi connectivity index (χ1v) is 7.36. The third-order valence-electron chi connectivity index (χ3n) is 3.00. The summed E-state index contributed by atoms with van der Waals surface area (Å²) < 4.78 is 10.6. The van der Waals surface area contributed by atoms with E-state index in [0.29, 0.717) is 26.1 Å². The fourth-order valence-corrected chi connectivity index (χ4v) is 1.63. The van der Waals surface area contributed by atoms with E-state index in [-0.39, 0.29) is 12.6 Å². The highest BCUT2D eigenvalue weighted by atomic mass is 16.5. The van der Waals surface area contributed by atoms with Crippen LogP contribution in [0.3, 0.4) is 0 Å². The molecular formula is C17H26O4. The second-order valence-corrected chi connectivity index (χ2v) is 6.16. The second-order valence-electron chi connectivity index (χ2n) is 6.16. The van der Waals surface area contributed by atoms with E-state index >= 15 is 0 Å². The van der Waals surface area contributed by atoms with Gasteiger partial charge in [0.2, 0.25) is 0 Å². The fraction of sp³-hybridized carbons (Fsp3) is 0.588. The monoisotopic (exact) mass is 294 g/mol. The Morgan fingerprint density at radius 1 is 1.14 bits per heavy atom. The first-order valence-electron chi connectivity index (χ1n) is 7.36. The van der Waals surface area contributed by atoms with Gasteiger partial charge in [-0.3, -0.25) is 4.79 Å². The van der Waals surface area contributed by atoms with E-state index in [2.05, 4.69) is 0 Å². The number of carbonyl (C=O) groups is 1. The van der Waals surface area contributed by atoms with Crippen LogP contribution in [0, 0.1) is 5.41 Å². The molecule has 21 heavy (non-hydrogen) atoms. The summed E-state index contributed by atoms with van der Waals surface area (Å²) in [6.07, 6.45) is 0.477. The largest absolute Gasteiger partial charge is 0.465 e. The molecule has 0 fully saturated rings. The number of aliphatic hydroxyl groups is 1. The molecule has 0 spiro atoms. The Kier molecular flexibility index (Phi) is 7.40. The molecule has 1 unspecified atom stereocenters. The lowest BCUT2D eigenvalue weighted by atomic mass is 9.97. The lowest BCUT2D eigenvalue weighted by Crippen LogP contribution is -2.24. The Labute approximate surface area is 127 Å². The van der Waals surface area contributed by atoms with Crippen LogP contribution in [0.5, 0.6) is 0 Å². The number of esters is 1. The van der Waals surface area contributed by atoms with Crippen LogP contribution < -0.4 is 0 Å². The zero-order chi connectivity index (χ0) is 15.7. The predicted octanol–water partition coefficient (Wildman–Crippen LogP) is 2.93. The Morgan fingerprint density at radius 3 is 2.38 bits per heavy atom. The fourth-order valence-electron chi connectivity index (χ4n) is 1.63. The summed E-state index contributed by atoms with van der Waals surface area (Å²) in [6, 6.07) is 9.91. The van der Waals surface area contributed by atoms with Crippen molar-refractivity contribution in [3.63, 3.8) is 0 Å². The van der Waals surface area contributed by atoms with Gasteiger partial charge in [0, 0.05) is 13.0 Å². The van der Waals surface area contributed by atoms with Gasteiger partial charge >= 0.3 is 5.97 Å². The van der Waals surface area contributed by atoms with E-state index in [4.69, 9.17) is 9.47 Å². The molecule has 118 valence electrons. The molecular weight excluding hydrogens is 268 g/mol. The van der Waals surface area contributed by atoms with Gasteiger partial charge in [-0.2, -0.15) is 0 Å². The van der Waals surface area contributed by atoms with Crippen LogP contribution in [0.15, 0.2) is 30.3 Å². The molecule has 0 aliphatic rings. The van der Waals surface area contributed by atoms with Crippen molar-refractivity contribution in [2.45, 2.75) is 46.3 Å². The van der Waals surface area contributed by atoms with E-state index in [1.807, 2.05) is 51.1 Å². The molecule has 0 saturated heterocycles. The molecule has 1 N–H and O–H groups in total. The van der Waals surface area contributed by atoms with Crippen LogP contribution in [0.1, 0.15) is 39.2 Å². The molecule has 0 amide bonds. The number of hydrogen-bond acceptors (Lipinski definition) is 4. The zero-order valence-corrected chi connectivity index (χ0v) is 13.2. The summed E-state index contributed by atoms with van der Waals surface area (Å²) in [5, 5.41) is 9.79. The van der Waals surface area contributed by atoms with Crippen molar-refractivity contribution in [3.8, 4) is 0 Å². The first kappa shape index (κ1) is 17.7. The van der Waals surface area contributed by atoms with Gasteiger partial charge in [0.1, 0.15) is 0 Å². The van der Waals surface area contributed by atoms with Crippen LogP contribution in [0.25, 0.3) is 0 Å². The van der Waals surface area contributed by atoms with Crippen molar-refractivity contribution in [2.24, 2.45) is 5.41 Å². The molecule has 0 aliphatic heterocycles. The minimum atomic E-state index is -0.506. The predicted molar refractivity (Wildman–Crippen MR) is 81.8 cm³/mol. The van der Waals surface area contributed by atoms with E-state index in [1.54, 1.807) is 0 Å². The van der Waals surface area contributed by atoms with Gasteiger partial charge in [0.15, 0.2) is 0 Å². The SMILES string of the molecule is CC(C)(C)C(=O)OCCC(O)CCOCc1ccccc1. The maximum atomic E-state index is 11.5. The van der Waals surface area contributed by atoms with Crippen LogP contribution in [-0.2, 0) is 20.9 Å². The summed E-state index contributed by atoms with van der Waals surface area (Å²) in [6.45, 7) is 6.71. The standard InChI is InChI=1S/C17H26O4/c1-17(2,3)16(19)21-12-10-15(18)9-11-20-13-14-7-5-4-6-8-14/h4-8,15,18H,9-13H2,1-3H3. The minimum absolute atomic E-state index is 0.241. The molecule has 0 radical (unpaired) electrons.